The third-order valence-electron chi connectivity index (χ3n) is 0.730. The first-order chi connectivity index (χ1) is 5.18. The number of hydrogen-bond donors (Lipinski definition) is 0. The lowest BCUT2D eigenvalue weighted by Gasteiger charge is -1.84. The van der Waals surface area contributed by atoms with Gasteiger partial charge in [0, 0.05) is 7.05 Å². The summed E-state index contributed by atoms with van der Waals surface area (Å²) in [6, 6.07) is 0. The third-order valence-corrected chi connectivity index (χ3v) is 0.730. The van der Waals surface area contributed by atoms with Gasteiger partial charge in [-0.05, 0) is 19.1 Å². The summed E-state index contributed by atoms with van der Waals surface area (Å²) in [5.74, 6) is 0.648. The maximum absolute atomic E-state index is 3.61. The molecule has 0 aromatic heterocycles. The summed E-state index contributed by atoms with van der Waals surface area (Å²) in [6.45, 7) is 13.7. The number of allylic oxidation sites excluding steroid dienone is 1. The highest BCUT2D eigenvalue weighted by molar-refractivity contribution is 5.52. The van der Waals surface area contributed by atoms with Crippen LogP contribution in [0.2, 0.25) is 0 Å². The molecule has 1 heteroatoms. The van der Waals surface area contributed by atoms with Crippen molar-refractivity contribution < 1.29 is 0 Å². The Morgan fingerprint density at radius 1 is 1.27 bits per heavy atom. The second-order valence-electron chi connectivity index (χ2n) is 2.00. The Bertz CT molecular complexity index is 68.9. The summed E-state index contributed by atoms with van der Waals surface area (Å²) < 4.78 is 0. The smallest absolute Gasteiger partial charge is 0.0273 e. The minimum atomic E-state index is 0.648. The molecule has 0 aliphatic heterocycles. The molecule has 0 bridgehead atoms. The van der Waals surface area contributed by atoms with Gasteiger partial charge in [0.1, 0.15) is 0 Å². The number of nitrogens with zero attached hydrogens (tertiary/aromatic N) is 1. The highest BCUT2D eigenvalue weighted by Crippen LogP contribution is 1.87. The molecule has 0 amide bonds. The van der Waals surface area contributed by atoms with Gasteiger partial charge in [0.2, 0.25) is 0 Å². The van der Waals surface area contributed by atoms with Gasteiger partial charge < -0.3 is 4.99 Å². The van der Waals surface area contributed by atoms with E-state index in [4.69, 9.17) is 0 Å². The zero-order chi connectivity index (χ0) is 9.70. The molecule has 0 saturated heterocycles. The number of hydrogen-bond acceptors (Lipinski definition) is 1. The van der Waals surface area contributed by atoms with E-state index in [1.165, 1.54) is 0 Å². The van der Waals surface area contributed by atoms with E-state index >= 15 is 0 Å². The Hall–Kier alpha value is -0.590. The topological polar surface area (TPSA) is 12.4 Å². The first-order valence-corrected chi connectivity index (χ1v) is 4.18. The fourth-order valence-corrected chi connectivity index (χ4v) is 0. The normalized spacial score (nSPS) is 7.91. The Balaban J connectivity index is -0.0000000965. The van der Waals surface area contributed by atoms with Crippen molar-refractivity contribution in [2.24, 2.45) is 10.9 Å². The Morgan fingerprint density at radius 2 is 1.45 bits per heavy atom. The van der Waals surface area contributed by atoms with Crippen LogP contribution in [0.3, 0.4) is 0 Å². The van der Waals surface area contributed by atoms with Gasteiger partial charge in [0.15, 0.2) is 0 Å². The van der Waals surface area contributed by atoms with Gasteiger partial charge in [-0.15, -0.1) is 6.58 Å². The Morgan fingerprint density at radius 3 is 1.45 bits per heavy atom. The lowest BCUT2D eigenvalue weighted by molar-refractivity contribution is 0.835. The summed E-state index contributed by atoms with van der Waals surface area (Å²) in [6.07, 6.45) is 3.67. The van der Waals surface area contributed by atoms with Crippen molar-refractivity contribution in [1.29, 1.82) is 0 Å². The molecule has 0 aliphatic rings. The average Bonchev–Trinajstić information content (AvgIpc) is 2.08. The van der Waals surface area contributed by atoms with Crippen LogP contribution in [0, 0.1) is 5.92 Å². The summed E-state index contributed by atoms with van der Waals surface area (Å²) in [5.41, 5.74) is 0. The van der Waals surface area contributed by atoms with Crippen LogP contribution >= 0.6 is 0 Å². The molecule has 0 N–H and O–H groups in total. The zero-order valence-corrected chi connectivity index (χ0v) is 8.89. The first kappa shape index (κ1) is 16.8. The molecule has 0 saturated carbocycles. The van der Waals surface area contributed by atoms with Gasteiger partial charge in [-0.3, -0.25) is 0 Å². The van der Waals surface area contributed by atoms with Crippen LogP contribution in [0.25, 0.3) is 0 Å². The molecule has 0 radical (unpaired) electrons. The van der Waals surface area contributed by atoms with Gasteiger partial charge in [-0.1, -0.05) is 33.8 Å². The van der Waals surface area contributed by atoms with Crippen LogP contribution in [-0.4, -0.2) is 13.3 Å². The van der Waals surface area contributed by atoms with Crippen molar-refractivity contribution in [3.8, 4) is 0 Å². The van der Waals surface area contributed by atoms with Crippen LogP contribution in [0.4, 0.5) is 0 Å². The second kappa shape index (κ2) is 22.7. The molecular weight excluding hydrogens is 134 g/mol. The lowest BCUT2D eigenvalue weighted by Crippen LogP contribution is -1.71. The fourth-order valence-electron chi connectivity index (χ4n) is 0. The molecule has 0 fully saturated rings. The molecule has 0 aromatic carbocycles. The van der Waals surface area contributed by atoms with Gasteiger partial charge in [-0.2, -0.15) is 0 Å². The van der Waals surface area contributed by atoms with E-state index in [1.54, 1.807) is 13.3 Å². The fraction of sp³-hybridized carbons (Fsp3) is 0.700. The second-order valence-corrected chi connectivity index (χ2v) is 2.00. The molecule has 0 spiro atoms. The molecule has 0 heterocycles. The number of aliphatic imine (C=N–C) groups is 1. The van der Waals surface area contributed by atoms with E-state index in [0.717, 1.165) is 0 Å². The summed E-state index contributed by atoms with van der Waals surface area (Å²) in [4.78, 5) is 3.61. The predicted octanol–water partition coefficient (Wildman–Crippen LogP) is 3.56. The molecule has 0 rings (SSSR count). The van der Waals surface area contributed by atoms with Crippen LogP contribution in [0.15, 0.2) is 17.6 Å². The summed E-state index contributed by atoms with van der Waals surface area (Å²) in [5, 5.41) is 0. The van der Waals surface area contributed by atoms with E-state index < -0.39 is 0 Å². The summed E-state index contributed by atoms with van der Waals surface area (Å²) >= 11 is 0. The maximum atomic E-state index is 3.61. The quantitative estimate of drug-likeness (QED) is 0.407. The Labute approximate surface area is 72.2 Å². The highest BCUT2D eigenvalue weighted by atomic mass is 14.6. The zero-order valence-electron chi connectivity index (χ0n) is 8.89. The minimum absolute atomic E-state index is 0.648. The summed E-state index contributed by atoms with van der Waals surface area (Å²) in [7, 11) is 1.75. The van der Waals surface area contributed by atoms with Gasteiger partial charge >= 0.3 is 0 Å². The van der Waals surface area contributed by atoms with Crippen molar-refractivity contribution in [2.75, 3.05) is 7.05 Å². The molecule has 68 valence electrons. The lowest BCUT2D eigenvalue weighted by atomic mass is 10.2. The van der Waals surface area contributed by atoms with Crippen molar-refractivity contribution in [1.82, 2.24) is 0 Å². The van der Waals surface area contributed by atoms with E-state index in [1.807, 2.05) is 26.8 Å². The average molecular weight is 157 g/mol. The molecule has 0 aliphatic carbocycles. The highest BCUT2D eigenvalue weighted by Gasteiger charge is 1.73. The number of rotatable bonds is 1. The van der Waals surface area contributed by atoms with E-state index in [0.29, 0.717) is 5.92 Å². The molecule has 0 aromatic rings. The van der Waals surface area contributed by atoms with Crippen molar-refractivity contribution in [3.05, 3.63) is 12.7 Å². The standard InChI is InChI=1S/C5H10.C3H7N.C2H6/c1-4-5(2)3;1-3-4-2;1-2/h4-5H,1H2,2-3H3;3H,1-2H3;1-2H3. The van der Waals surface area contributed by atoms with E-state index in [-0.39, 0.29) is 0 Å². The van der Waals surface area contributed by atoms with Crippen molar-refractivity contribution >= 4 is 6.21 Å². The predicted molar refractivity (Wildman–Crippen MR) is 56.5 cm³/mol. The maximum Gasteiger partial charge on any atom is 0.0273 e. The molecule has 11 heavy (non-hydrogen) atoms. The third kappa shape index (κ3) is 89.0. The van der Waals surface area contributed by atoms with Crippen LogP contribution in [0.5, 0.6) is 0 Å². The molecular formula is C10H23N. The largest absolute Gasteiger partial charge is 0.301 e. The van der Waals surface area contributed by atoms with Crippen molar-refractivity contribution in [2.45, 2.75) is 34.6 Å². The van der Waals surface area contributed by atoms with Gasteiger partial charge in [-0.25, -0.2) is 0 Å². The van der Waals surface area contributed by atoms with E-state index in [9.17, 15) is 0 Å². The van der Waals surface area contributed by atoms with Crippen molar-refractivity contribution in [3.63, 3.8) is 0 Å². The Kier molecular flexibility index (Phi) is 34.7. The van der Waals surface area contributed by atoms with E-state index in [2.05, 4.69) is 25.4 Å². The van der Waals surface area contributed by atoms with Gasteiger partial charge in [0.25, 0.3) is 0 Å². The SMILES string of the molecule is C=CC(C)C.CC.CC=NC. The van der Waals surface area contributed by atoms with Gasteiger partial charge in [0.05, 0.1) is 0 Å². The minimum Gasteiger partial charge on any atom is -0.301 e. The monoisotopic (exact) mass is 157 g/mol. The van der Waals surface area contributed by atoms with Crippen LogP contribution in [0.1, 0.15) is 34.6 Å². The molecule has 0 atom stereocenters. The molecule has 0 unspecified atom stereocenters. The first-order valence-electron chi connectivity index (χ1n) is 4.18. The van der Waals surface area contributed by atoms with Crippen LogP contribution < -0.4 is 0 Å². The van der Waals surface area contributed by atoms with Crippen LogP contribution in [-0.2, 0) is 0 Å². The molecule has 1 nitrogen and oxygen atoms in total.